The van der Waals surface area contributed by atoms with Crippen molar-refractivity contribution >= 4 is 21.8 Å². The van der Waals surface area contributed by atoms with Gasteiger partial charge in [-0.2, -0.15) is 0 Å². The van der Waals surface area contributed by atoms with Crippen molar-refractivity contribution in [1.29, 1.82) is 0 Å². The molecule has 1 aromatic rings. The number of nitrogens with two attached hydrogens (primary N) is 1. The largest absolute Gasteiger partial charge is 0.337 e. The number of aryl methyl sites for hydroxylation is 1. The van der Waals surface area contributed by atoms with Crippen LogP contribution in [-0.4, -0.2) is 29.9 Å². The second-order valence-corrected chi connectivity index (χ2v) is 5.38. The van der Waals surface area contributed by atoms with E-state index >= 15 is 0 Å². The zero-order chi connectivity index (χ0) is 12.4. The topological polar surface area (TPSA) is 46.3 Å². The van der Waals surface area contributed by atoms with Crippen LogP contribution in [0.5, 0.6) is 0 Å². The molecule has 0 radical (unpaired) electrons. The van der Waals surface area contributed by atoms with Crippen molar-refractivity contribution in [3.63, 3.8) is 0 Å². The second kappa shape index (κ2) is 5.19. The summed E-state index contributed by atoms with van der Waals surface area (Å²) in [5.74, 6) is 0.0794. The van der Waals surface area contributed by atoms with Gasteiger partial charge in [-0.15, -0.1) is 0 Å². The fourth-order valence-corrected chi connectivity index (χ4v) is 2.61. The molecular weight excluding hydrogens is 280 g/mol. The van der Waals surface area contributed by atoms with E-state index in [1.54, 1.807) is 0 Å². The van der Waals surface area contributed by atoms with Gasteiger partial charge in [-0.1, -0.05) is 12.1 Å². The van der Waals surface area contributed by atoms with Crippen molar-refractivity contribution in [3.8, 4) is 0 Å². The molecule has 1 saturated heterocycles. The highest BCUT2D eigenvalue weighted by molar-refractivity contribution is 9.10. The van der Waals surface area contributed by atoms with E-state index in [1.807, 2.05) is 30.0 Å². The standard InChI is InChI=1S/C13H17BrN2O/c1-9-4-2-6-11(12(9)14)13(17)16-7-3-5-10(15)8-16/h2,4,6,10H,3,5,7-8,15H2,1H3. The SMILES string of the molecule is Cc1cccc(C(=O)N2CCCC(N)C2)c1Br. The summed E-state index contributed by atoms with van der Waals surface area (Å²) in [6, 6.07) is 5.89. The van der Waals surface area contributed by atoms with E-state index in [0.29, 0.717) is 6.54 Å². The van der Waals surface area contributed by atoms with E-state index in [-0.39, 0.29) is 11.9 Å². The molecule has 1 aliphatic rings. The Kier molecular flexibility index (Phi) is 3.84. The first-order valence-electron chi connectivity index (χ1n) is 5.89. The molecule has 0 aliphatic carbocycles. The number of piperidine rings is 1. The number of carbonyl (C=O) groups excluding carboxylic acids is 1. The smallest absolute Gasteiger partial charge is 0.255 e. The summed E-state index contributed by atoms with van der Waals surface area (Å²) >= 11 is 3.48. The molecule has 1 amide bonds. The summed E-state index contributed by atoms with van der Waals surface area (Å²) in [6.07, 6.45) is 2.01. The minimum atomic E-state index is 0.0794. The van der Waals surface area contributed by atoms with Gasteiger partial charge in [0, 0.05) is 23.6 Å². The molecule has 2 rings (SSSR count). The van der Waals surface area contributed by atoms with Gasteiger partial charge in [-0.3, -0.25) is 4.79 Å². The molecular formula is C13H17BrN2O. The van der Waals surface area contributed by atoms with Gasteiger partial charge >= 0.3 is 0 Å². The first-order chi connectivity index (χ1) is 8.09. The second-order valence-electron chi connectivity index (χ2n) is 4.59. The Morgan fingerprint density at radius 1 is 1.53 bits per heavy atom. The first-order valence-corrected chi connectivity index (χ1v) is 6.69. The fraction of sp³-hybridized carbons (Fsp3) is 0.462. The highest BCUT2D eigenvalue weighted by Gasteiger charge is 2.23. The monoisotopic (exact) mass is 296 g/mol. The molecule has 1 atom stereocenters. The van der Waals surface area contributed by atoms with E-state index in [2.05, 4.69) is 15.9 Å². The van der Waals surface area contributed by atoms with Crippen LogP contribution in [0.3, 0.4) is 0 Å². The predicted octanol–water partition coefficient (Wildman–Crippen LogP) is 2.32. The third-order valence-electron chi connectivity index (χ3n) is 3.17. The maximum Gasteiger partial charge on any atom is 0.255 e. The van der Waals surface area contributed by atoms with Gasteiger partial charge in [0.15, 0.2) is 0 Å². The summed E-state index contributed by atoms with van der Waals surface area (Å²) in [5, 5.41) is 0. The Morgan fingerprint density at radius 3 is 3.00 bits per heavy atom. The summed E-state index contributed by atoms with van der Waals surface area (Å²) in [6.45, 7) is 3.47. The van der Waals surface area contributed by atoms with E-state index in [1.165, 1.54) is 0 Å². The molecule has 0 bridgehead atoms. The van der Waals surface area contributed by atoms with E-state index < -0.39 is 0 Å². The van der Waals surface area contributed by atoms with Crippen LogP contribution in [0.25, 0.3) is 0 Å². The highest BCUT2D eigenvalue weighted by Crippen LogP contribution is 2.23. The predicted molar refractivity (Wildman–Crippen MR) is 72.0 cm³/mol. The molecule has 4 heteroatoms. The summed E-state index contributed by atoms with van der Waals surface area (Å²) < 4.78 is 0.893. The molecule has 0 spiro atoms. The Labute approximate surface area is 110 Å². The van der Waals surface area contributed by atoms with Gasteiger partial charge in [0.25, 0.3) is 5.91 Å². The molecule has 0 aromatic heterocycles. The molecule has 1 unspecified atom stereocenters. The summed E-state index contributed by atoms with van der Waals surface area (Å²) in [7, 11) is 0. The van der Waals surface area contributed by atoms with Gasteiger partial charge < -0.3 is 10.6 Å². The molecule has 1 heterocycles. The first kappa shape index (κ1) is 12.6. The Hall–Kier alpha value is -0.870. The molecule has 92 valence electrons. The van der Waals surface area contributed by atoms with Gasteiger partial charge in [-0.25, -0.2) is 0 Å². The van der Waals surface area contributed by atoms with Crippen LogP contribution in [0.4, 0.5) is 0 Å². The minimum Gasteiger partial charge on any atom is -0.337 e. The number of likely N-dealkylation sites (tertiary alicyclic amines) is 1. The molecule has 0 saturated carbocycles. The van der Waals surface area contributed by atoms with Gasteiger partial charge in [-0.05, 0) is 47.3 Å². The number of hydrogen-bond donors (Lipinski definition) is 1. The van der Waals surface area contributed by atoms with E-state index in [4.69, 9.17) is 5.73 Å². The molecule has 1 aromatic carbocycles. The van der Waals surface area contributed by atoms with Gasteiger partial charge in [0.1, 0.15) is 0 Å². The van der Waals surface area contributed by atoms with Crippen LogP contribution in [-0.2, 0) is 0 Å². The van der Waals surface area contributed by atoms with Crippen LogP contribution in [0.1, 0.15) is 28.8 Å². The number of nitrogens with zero attached hydrogens (tertiary/aromatic N) is 1. The molecule has 17 heavy (non-hydrogen) atoms. The third-order valence-corrected chi connectivity index (χ3v) is 4.22. The normalized spacial score (nSPS) is 20.4. The van der Waals surface area contributed by atoms with E-state index in [0.717, 1.165) is 35.0 Å². The van der Waals surface area contributed by atoms with Crippen LogP contribution >= 0.6 is 15.9 Å². The highest BCUT2D eigenvalue weighted by atomic mass is 79.9. The van der Waals surface area contributed by atoms with Crippen molar-refractivity contribution in [2.75, 3.05) is 13.1 Å². The zero-order valence-corrected chi connectivity index (χ0v) is 11.5. The number of hydrogen-bond acceptors (Lipinski definition) is 2. The average Bonchev–Trinajstić information content (AvgIpc) is 2.32. The lowest BCUT2D eigenvalue weighted by Crippen LogP contribution is -2.45. The Balaban J connectivity index is 2.22. The quantitative estimate of drug-likeness (QED) is 0.864. The lowest BCUT2D eigenvalue weighted by atomic mass is 10.0. The number of rotatable bonds is 1. The molecule has 2 N–H and O–H groups in total. The van der Waals surface area contributed by atoms with Crippen molar-refractivity contribution in [2.24, 2.45) is 5.73 Å². The van der Waals surface area contributed by atoms with Crippen molar-refractivity contribution in [1.82, 2.24) is 4.90 Å². The molecule has 1 fully saturated rings. The van der Waals surface area contributed by atoms with Gasteiger partial charge in [0.05, 0.1) is 5.56 Å². The maximum absolute atomic E-state index is 12.4. The maximum atomic E-state index is 12.4. The number of carbonyl (C=O) groups is 1. The number of amides is 1. The average molecular weight is 297 g/mol. The minimum absolute atomic E-state index is 0.0794. The van der Waals surface area contributed by atoms with Crippen LogP contribution in [0.15, 0.2) is 22.7 Å². The van der Waals surface area contributed by atoms with Crippen LogP contribution in [0, 0.1) is 6.92 Å². The Morgan fingerprint density at radius 2 is 2.29 bits per heavy atom. The zero-order valence-electron chi connectivity index (χ0n) is 9.95. The molecule has 3 nitrogen and oxygen atoms in total. The lowest BCUT2D eigenvalue weighted by Gasteiger charge is -2.31. The number of halogens is 1. The van der Waals surface area contributed by atoms with Crippen molar-refractivity contribution in [2.45, 2.75) is 25.8 Å². The summed E-state index contributed by atoms with van der Waals surface area (Å²) in [4.78, 5) is 14.2. The Bertz CT molecular complexity index is 433. The van der Waals surface area contributed by atoms with Gasteiger partial charge in [0.2, 0.25) is 0 Å². The molecule has 1 aliphatic heterocycles. The number of benzene rings is 1. The third kappa shape index (κ3) is 2.69. The lowest BCUT2D eigenvalue weighted by molar-refractivity contribution is 0.0708. The van der Waals surface area contributed by atoms with Crippen LogP contribution in [0.2, 0.25) is 0 Å². The van der Waals surface area contributed by atoms with Crippen molar-refractivity contribution in [3.05, 3.63) is 33.8 Å². The van der Waals surface area contributed by atoms with Crippen molar-refractivity contribution < 1.29 is 4.79 Å². The van der Waals surface area contributed by atoms with E-state index in [9.17, 15) is 4.79 Å². The van der Waals surface area contributed by atoms with Crippen LogP contribution < -0.4 is 5.73 Å². The summed E-state index contributed by atoms with van der Waals surface area (Å²) in [5.41, 5.74) is 7.72. The fourth-order valence-electron chi connectivity index (χ4n) is 2.18.